The van der Waals surface area contributed by atoms with Crippen LogP contribution in [0.1, 0.15) is 30.2 Å². The molecule has 26 heavy (non-hydrogen) atoms. The zero-order valence-corrected chi connectivity index (χ0v) is 16.1. The molecule has 2 rings (SSSR count). The minimum Gasteiger partial charge on any atom is -0.411 e. The number of hydrogen-bond donors (Lipinski definition) is 1. The second-order valence-corrected chi connectivity index (χ2v) is 9.18. The normalized spacial score (nSPS) is 12.5. The lowest BCUT2D eigenvalue weighted by atomic mass is 10.0. The molecule has 1 aromatic carbocycles. The second-order valence-electron chi connectivity index (χ2n) is 5.63. The Hall–Kier alpha value is -1.94. The van der Waals surface area contributed by atoms with Crippen LogP contribution in [0.15, 0.2) is 33.0 Å². The van der Waals surface area contributed by atoms with E-state index < -0.39 is 9.84 Å². The lowest BCUT2D eigenvalue weighted by Gasteiger charge is -2.06. The van der Waals surface area contributed by atoms with Crippen LogP contribution in [0.25, 0.3) is 0 Å². The number of aromatic nitrogens is 2. The van der Waals surface area contributed by atoms with Gasteiger partial charge < -0.3 is 5.21 Å². The Morgan fingerprint density at radius 2 is 2.15 bits per heavy atom. The molecule has 2 aromatic rings. The molecule has 0 aliphatic heterocycles. The van der Waals surface area contributed by atoms with Crippen LogP contribution in [-0.4, -0.2) is 46.9 Å². The highest BCUT2D eigenvalue weighted by Gasteiger charge is 2.20. The van der Waals surface area contributed by atoms with Crippen molar-refractivity contribution in [3.8, 4) is 0 Å². The summed E-state index contributed by atoms with van der Waals surface area (Å²) in [5.41, 5.74) is 1.20. The highest BCUT2D eigenvalue weighted by atomic mass is 32.2. The van der Waals surface area contributed by atoms with Crippen LogP contribution in [0.5, 0.6) is 0 Å². The van der Waals surface area contributed by atoms with Gasteiger partial charge in [0.15, 0.2) is 10.7 Å². The SMILES string of the molecule is CCS(=O)(=O)CCCSc1nonc1/C(Cc1cccc(C)c1F)=N/O. The molecule has 1 N–H and O–H groups in total. The Kier molecular flexibility index (Phi) is 7.15. The Morgan fingerprint density at radius 1 is 1.38 bits per heavy atom. The first-order chi connectivity index (χ1) is 12.4. The molecule has 0 amide bonds. The van der Waals surface area contributed by atoms with Gasteiger partial charge in [-0.05, 0) is 34.8 Å². The Balaban J connectivity index is 2.06. The molecule has 0 spiro atoms. The number of thioether (sulfide) groups is 1. The van der Waals surface area contributed by atoms with Crippen molar-refractivity contribution in [2.75, 3.05) is 17.3 Å². The molecule has 0 radical (unpaired) electrons. The van der Waals surface area contributed by atoms with Crippen LogP contribution >= 0.6 is 11.8 Å². The van der Waals surface area contributed by atoms with Gasteiger partial charge in [0.05, 0.1) is 5.75 Å². The van der Waals surface area contributed by atoms with E-state index in [4.69, 9.17) is 4.63 Å². The molecule has 0 unspecified atom stereocenters. The van der Waals surface area contributed by atoms with E-state index in [-0.39, 0.29) is 35.1 Å². The van der Waals surface area contributed by atoms with E-state index in [2.05, 4.69) is 15.5 Å². The summed E-state index contributed by atoms with van der Waals surface area (Å²) >= 11 is 1.25. The van der Waals surface area contributed by atoms with Gasteiger partial charge in [0.2, 0.25) is 0 Å². The number of oxime groups is 1. The molecule has 0 aliphatic rings. The third-order valence-corrected chi connectivity index (χ3v) is 6.58. The maximum atomic E-state index is 14.2. The molecule has 1 heterocycles. The number of aryl methyl sites for hydroxylation is 1. The molecule has 1 aromatic heterocycles. The monoisotopic (exact) mass is 401 g/mol. The molecular formula is C16H20FN3O4S2. The summed E-state index contributed by atoms with van der Waals surface area (Å²) in [5, 5.41) is 20.4. The predicted octanol–water partition coefficient (Wildman–Crippen LogP) is 2.86. The van der Waals surface area contributed by atoms with Gasteiger partial charge in [0.25, 0.3) is 0 Å². The molecule has 0 saturated heterocycles. The predicted molar refractivity (Wildman–Crippen MR) is 97.1 cm³/mol. The molecule has 0 aliphatic carbocycles. The number of rotatable bonds is 9. The Morgan fingerprint density at radius 3 is 2.85 bits per heavy atom. The fraction of sp³-hybridized carbons (Fsp3) is 0.438. The first kappa shape index (κ1) is 20.4. The quantitative estimate of drug-likeness (QED) is 0.226. The molecule has 0 bridgehead atoms. The van der Waals surface area contributed by atoms with Crippen molar-refractivity contribution in [3.05, 3.63) is 40.8 Å². The van der Waals surface area contributed by atoms with Gasteiger partial charge >= 0.3 is 0 Å². The average Bonchev–Trinajstić information content (AvgIpc) is 3.08. The van der Waals surface area contributed by atoms with Crippen molar-refractivity contribution >= 4 is 27.3 Å². The third-order valence-electron chi connectivity index (χ3n) is 3.76. The zero-order valence-electron chi connectivity index (χ0n) is 14.5. The lowest BCUT2D eigenvalue weighted by Crippen LogP contribution is -2.10. The summed E-state index contributed by atoms with van der Waals surface area (Å²) < 4.78 is 41.9. The number of nitrogens with zero attached hydrogens (tertiary/aromatic N) is 3. The summed E-state index contributed by atoms with van der Waals surface area (Å²) in [6.45, 7) is 3.26. The number of benzene rings is 1. The third kappa shape index (κ3) is 5.28. The minimum absolute atomic E-state index is 0.0238. The fourth-order valence-corrected chi connectivity index (χ4v) is 4.15. The largest absolute Gasteiger partial charge is 0.411 e. The van der Waals surface area contributed by atoms with Gasteiger partial charge in [-0.1, -0.05) is 30.3 Å². The van der Waals surface area contributed by atoms with Crippen LogP contribution in [0.4, 0.5) is 4.39 Å². The molecule has 142 valence electrons. The van der Waals surface area contributed by atoms with E-state index in [0.717, 1.165) is 0 Å². The summed E-state index contributed by atoms with van der Waals surface area (Å²) in [6, 6.07) is 4.97. The standard InChI is InChI=1S/C16H20FN3O4S2/c1-3-26(22,23)9-5-8-25-16-15(19-24-20-16)13(18-21)10-12-7-4-6-11(2)14(12)17/h4,6-7,21H,3,5,8-10H2,1-2H3/b18-13+. The number of hydrogen-bond acceptors (Lipinski definition) is 8. The van der Waals surface area contributed by atoms with Crippen LogP contribution in [0.2, 0.25) is 0 Å². The first-order valence-corrected chi connectivity index (χ1v) is 10.8. The molecule has 0 saturated carbocycles. The van der Waals surface area contributed by atoms with E-state index in [0.29, 0.717) is 28.3 Å². The topological polar surface area (TPSA) is 106 Å². The van der Waals surface area contributed by atoms with Crippen molar-refractivity contribution in [1.82, 2.24) is 10.3 Å². The summed E-state index contributed by atoms with van der Waals surface area (Å²) in [4.78, 5) is 0. The Bertz CT molecular complexity index is 881. The minimum atomic E-state index is -3.02. The number of halogens is 1. The Labute approximate surface area is 155 Å². The second kappa shape index (κ2) is 9.13. The molecule has 7 nitrogen and oxygen atoms in total. The van der Waals surface area contributed by atoms with E-state index in [1.165, 1.54) is 11.8 Å². The van der Waals surface area contributed by atoms with Gasteiger partial charge in [0, 0.05) is 17.9 Å². The van der Waals surface area contributed by atoms with Crippen molar-refractivity contribution in [2.45, 2.75) is 31.7 Å². The van der Waals surface area contributed by atoms with Crippen LogP contribution in [0.3, 0.4) is 0 Å². The number of sulfone groups is 1. The zero-order chi connectivity index (χ0) is 19.2. The van der Waals surface area contributed by atoms with Gasteiger partial charge in [-0.2, -0.15) is 0 Å². The van der Waals surface area contributed by atoms with Crippen LogP contribution < -0.4 is 0 Å². The summed E-state index contributed by atoms with van der Waals surface area (Å²) in [6.07, 6.45) is 0.473. The summed E-state index contributed by atoms with van der Waals surface area (Å²) in [7, 11) is -3.02. The van der Waals surface area contributed by atoms with E-state index in [9.17, 15) is 18.0 Å². The van der Waals surface area contributed by atoms with Crippen molar-refractivity contribution in [1.29, 1.82) is 0 Å². The van der Waals surface area contributed by atoms with E-state index >= 15 is 0 Å². The fourth-order valence-electron chi connectivity index (χ4n) is 2.23. The first-order valence-electron chi connectivity index (χ1n) is 7.99. The van der Waals surface area contributed by atoms with Crippen molar-refractivity contribution in [3.63, 3.8) is 0 Å². The van der Waals surface area contributed by atoms with Crippen LogP contribution in [-0.2, 0) is 16.3 Å². The highest BCUT2D eigenvalue weighted by Crippen LogP contribution is 2.23. The maximum Gasteiger partial charge on any atom is 0.170 e. The van der Waals surface area contributed by atoms with Crippen LogP contribution in [0, 0.1) is 12.7 Å². The molecule has 0 fully saturated rings. The molecule has 0 atom stereocenters. The van der Waals surface area contributed by atoms with Crippen molar-refractivity contribution < 1.29 is 22.6 Å². The van der Waals surface area contributed by atoms with Gasteiger partial charge in [-0.25, -0.2) is 17.4 Å². The van der Waals surface area contributed by atoms with E-state index in [1.54, 1.807) is 32.0 Å². The highest BCUT2D eigenvalue weighted by molar-refractivity contribution is 7.99. The van der Waals surface area contributed by atoms with Gasteiger partial charge in [-0.3, -0.25) is 0 Å². The smallest absolute Gasteiger partial charge is 0.170 e. The summed E-state index contributed by atoms with van der Waals surface area (Å²) in [5.74, 6) is 0.312. The molecule has 10 heteroatoms. The van der Waals surface area contributed by atoms with Gasteiger partial charge in [-0.15, -0.1) is 11.8 Å². The van der Waals surface area contributed by atoms with Crippen molar-refractivity contribution in [2.24, 2.45) is 5.16 Å². The average molecular weight is 401 g/mol. The lowest BCUT2D eigenvalue weighted by molar-refractivity contribution is 0.296. The molecular weight excluding hydrogens is 381 g/mol. The maximum absolute atomic E-state index is 14.2. The van der Waals surface area contributed by atoms with Gasteiger partial charge in [0.1, 0.15) is 21.4 Å². The van der Waals surface area contributed by atoms with E-state index in [1.807, 2.05) is 0 Å².